The Labute approximate surface area is 197 Å². The number of Topliss-reactive ketones (excluding diaryl/α,β-unsaturated/α-hetero) is 1. The van der Waals surface area contributed by atoms with Gasteiger partial charge in [-0.1, -0.05) is 54.4 Å². The molecule has 0 amide bonds. The monoisotopic (exact) mass is 446 g/mol. The maximum atomic E-state index is 13.4. The first-order chi connectivity index (χ1) is 15.0. The lowest BCUT2D eigenvalue weighted by Crippen LogP contribution is -2.67. The van der Waals surface area contributed by atoms with Gasteiger partial charge in [-0.05, 0) is 91.8 Å². The highest BCUT2D eigenvalue weighted by Crippen LogP contribution is 2.68. The van der Waals surface area contributed by atoms with Crippen LogP contribution >= 0.6 is 0 Å². The van der Waals surface area contributed by atoms with Crippen LogP contribution in [0, 0.1) is 52.3 Å². The van der Waals surface area contributed by atoms with Crippen LogP contribution in [0.25, 0.3) is 0 Å². The summed E-state index contributed by atoms with van der Waals surface area (Å²) in [6.07, 6.45) is 10.7. The minimum absolute atomic E-state index is 0.0310. The average molecular weight is 447 g/mol. The van der Waals surface area contributed by atoms with Gasteiger partial charge in [0.25, 0.3) is 0 Å². The van der Waals surface area contributed by atoms with Gasteiger partial charge in [-0.25, -0.2) is 0 Å². The first-order valence-electron chi connectivity index (χ1n) is 13.9. The predicted octanol–water partition coefficient (Wildman–Crippen LogP) is 6.40. The van der Waals surface area contributed by atoms with Crippen molar-refractivity contribution < 1.29 is 15.0 Å². The van der Waals surface area contributed by atoms with Crippen LogP contribution in [0.5, 0.6) is 0 Å². The van der Waals surface area contributed by atoms with Gasteiger partial charge in [0.1, 0.15) is 5.60 Å². The van der Waals surface area contributed by atoms with Gasteiger partial charge in [0, 0.05) is 18.3 Å². The largest absolute Gasteiger partial charge is 0.393 e. The Kier molecular flexibility index (Phi) is 6.69. The van der Waals surface area contributed by atoms with E-state index in [1.54, 1.807) is 0 Å². The molecule has 4 unspecified atom stereocenters. The van der Waals surface area contributed by atoms with Gasteiger partial charge in [0.05, 0.1) is 6.10 Å². The number of ketones is 1. The number of rotatable bonds is 6. The molecule has 4 fully saturated rings. The Balaban J connectivity index is 1.52. The second-order valence-corrected chi connectivity index (χ2v) is 13.4. The summed E-state index contributed by atoms with van der Waals surface area (Å²) in [7, 11) is 0. The van der Waals surface area contributed by atoms with Crippen molar-refractivity contribution in [1.29, 1.82) is 0 Å². The summed E-state index contributed by atoms with van der Waals surface area (Å²) in [6, 6.07) is 0. The maximum Gasteiger partial charge on any atom is 0.165 e. The first-order valence-corrected chi connectivity index (χ1v) is 13.9. The van der Waals surface area contributed by atoms with Gasteiger partial charge >= 0.3 is 0 Å². The third-order valence-corrected chi connectivity index (χ3v) is 11.8. The summed E-state index contributed by atoms with van der Waals surface area (Å²) in [5.41, 5.74) is -1.32. The molecule has 0 bridgehead atoms. The number of carbonyl (C=O) groups excluding carboxylic acids is 1. The van der Waals surface area contributed by atoms with Crippen molar-refractivity contribution in [1.82, 2.24) is 0 Å². The number of carbonyl (C=O) groups is 1. The molecular formula is C29H50O3. The topological polar surface area (TPSA) is 57.5 Å². The zero-order valence-corrected chi connectivity index (χ0v) is 21.7. The molecular weight excluding hydrogens is 396 g/mol. The fourth-order valence-corrected chi connectivity index (χ4v) is 9.68. The van der Waals surface area contributed by atoms with Gasteiger partial charge in [-0.3, -0.25) is 4.79 Å². The lowest BCUT2D eigenvalue weighted by molar-refractivity contribution is -0.213. The summed E-state index contributed by atoms with van der Waals surface area (Å²) in [4.78, 5) is 13.4. The second-order valence-electron chi connectivity index (χ2n) is 13.4. The molecule has 10 atom stereocenters. The zero-order chi connectivity index (χ0) is 23.5. The Morgan fingerprint density at radius 2 is 1.72 bits per heavy atom. The highest BCUT2D eigenvalue weighted by atomic mass is 16.3. The van der Waals surface area contributed by atoms with E-state index in [1.165, 1.54) is 38.5 Å². The first kappa shape index (κ1) is 24.7. The lowest BCUT2D eigenvalue weighted by atomic mass is 9.42. The third kappa shape index (κ3) is 3.63. The number of aliphatic hydroxyl groups is 2. The van der Waals surface area contributed by atoms with Gasteiger partial charge in [-0.2, -0.15) is 0 Å². The van der Waals surface area contributed by atoms with E-state index in [4.69, 9.17) is 0 Å². The van der Waals surface area contributed by atoms with Crippen LogP contribution in [-0.4, -0.2) is 27.7 Å². The highest BCUT2D eigenvalue weighted by molar-refractivity contribution is 5.89. The molecule has 0 radical (unpaired) electrons. The molecule has 0 heterocycles. The minimum Gasteiger partial charge on any atom is -0.393 e. The van der Waals surface area contributed by atoms with E-state index in [0.29, 0.717) is 29.6 Å². The van der Waals surface area contributed by atoms with Crippen LogP contribution in [0.3, 0.4) is 0 Å². The molecule has 4 aliphatic carbocycles. The van der Waals surface area contributed by atoms with E-state index in [0.717, 1.165) is 42.9 Å². The quantitative estimate of drug-likeness (QED) is 0.496. The molecule has 0 aliphatic heterocycles. The SMILES string of the molecule is CC[C@@H](CC[C@@H](C)C1CCC2C3CC(=O)[C@@]4(O)C[C@@H](O)CC[C@]4(C)C3CC[C@@]21C)C(C)C. The van der Waals surface area contributed by atoms with Gasteiger partial charge in [0.15, 0.2) is 5.78 Å². The minimum atomic E-state index is -1.31. The Morgan fingerprint density at radius 1 is 1.00 bits per heavy atom. The molecule has 0 aromatic heterocycles. The number of hydrogen-bond donors (Lipinski definition) is 2. The molecule has 0 aromatic rings. The smallest absolute Gasteiger partial charge is 0.165 e. The van der Waals surface area contributed by atoms with Crippen LogP contribution in [-0.2, 0) is 4.79 Å². The van der Waals surface area contributed by atoms with Crippen molar-refractivity contribution >= 4 is 5.78 Å². The normalized spacial score (nSPS) is 48.2. The molecule has 4 rings (SSSR count). The van der Waals surface area contributed by atoms with Crippen molar-refractivity contribution in [2.75, 3.05) is 0 Å². The van der Waals surface area contributed by atoms with Crippen molar-refractivity contribution in [2.45, 2.75) is 124 Å². The molecule has 0 saturated heterocycles. The van der Waals surface area contributed by atoms with Gasteiger partial charge in [-0.15, -0.1) is 0 Å². The standard InChI is InChI=1S/C29H50O3/c1-7-20(18(2)3)9-8-19(4)23-10-11-24-22-16-26(31)29(32)17-21(30)12-15-28(29,6)25(22)13-14-27(23,24)5/h18-25,30,32H,7-17H2,1-6H3/t19-,20+,21+,22?,23?,24?,25?,27-,28-,29+/m1/s1. The van der Waals surface area contributed by atoms with E-state index < -0.39 is 11.7 Å². The van der Waals surface area contributed by atoms with Crippen LogP contribution in [0.4, 0.5) is 0 Å². The molecule has 0 spiro atoms. The molecule has 3 heteroatoms. The molecule has 3 nitrogen and oxygen atoms in total. The third-order valence-electron chi connectivity index (χ3n) is 11.8. The summed E-state index contributed by atoms with van der Waals surface area (Å²) in [6.45, 7) is 14.3. The summed E-state index contributed by atoms with van der Waals surface area (Å²) in [5, 5.41) is 21.8. The maximum absolute atomic E-state index is 13.4. The fourth-order valence-electron chi connectivity index (χ4n) is 9.68. The zero-order valence-electron chi connectivity index (χ0n) is 21.7. The number of hydrogen-bond acceptors (Lipinski definition) is 3. The van der Waals surface area contributed by atoms with Crippen LogP contribution in [0.15, 0.2) is 0 Å². The molecule has 2 N–H and O–H groups in total. The van der Waals surface area contributed by atoms with Crippen LogP contribution in [0.2, 0.25) is 0 Å². The summed E-state index contributed by atoms with van der Waals surface area (Å²) in [5.74, 6) is 4.65. The Morgan fingerprint density at radius 3 is 2.38 bits per heavy atom. The van der Waals surface area contributed by atoms with Crippen molar-refractivity contribution in [3.8, 4) is 0 Å². The van der Waals surface area contributed by atoms with Crippen molar-refractivity contribution in [3.63, 3.8) is 0 Å². The Hall–Kier alpha value is -0.410. The van der Waals surface area contributed by atoms with Crippen molar-refractivity contribution in [3.05, 3.63) is 0 Å². The number of aliphatic hydroxyl groups excluding tert-OH is 1. The van der Waals surface area contributed by atoms with Gasteiger partial charge < -0.3 is 10.2 Å². The molecule has 4 aliphatic rings. The average Bonchev–Trinajstić information content (AvgIpc) is 3.08. The van der Waals surface area contributed by atoms with E-state index in [2.05, 4.69) is 41.5 Å². The van der Waals surface area contributed by atoms with Gasteiger partial charge in [0.2, 0.25) is 0 Å². The Bertz CT molecular complexity index is 703. The van der Waals surface area contributed by atoms with Crippen molar-refractivity contribution in [2.24, 2.45) is 52.3 Å². The fraction of sp³-hybridized carbons (Fsp3) is 0.966. The molecule has 0 aromatic carbocycles. The molecule has 32 heavy (non-hydrogen) atoms. The van der Waals surface area contributed by atoms with E-state index in [1.807, 2.05) is 0 Å². The predicted molar refractivity (Wildman–Crippen MR) is 130 cm³/mol. The molecule has 184 valence electrons. The van der Waals surface area contributed by atoms with Crippen LogP contribution < -0.4 is 0 Å². The van der Waals surface area contributed by atoms with E-state index in [9.17, 15) is 15.0 Å². The van der Waals surface area contributed by atoms with E-state index >= 15 is 0 Å². The summed E-state index contributed by atoms with van der Waals surface area (Å²) >= 11 is 0. The number of fused-ring (bicyclic) bond motifs is 5. The van der Waals surface area contributed by atoms with Crippen LogP contribution in [0.1, 0.15) is 112 Å². The van der Waals surface area contributed by atoms with E-state index in [-0.39, 0.29) is 17.6 Å². The second kappa shape index (κ2) is 8.67. The molecule has 4 saturated carbocycles. The highest BCUT2D eigenvalue weighted by Gasteiger charge is 2.67. The summed E-state index contributed by atoms with van der Waals surface area (Å²) < 4.78 is 0. The lowest BCUT2D eigenvalue weighted by Gasteiger charge is -2.63.